The number of hydrogen-bond acceptors (Lipinski definition) is 2. The van der Waals surface area contributed by atoms with E-state index in [0.717, 1.165) is 5.69 Å². The zero-order valence-electron chi connectivity index (χ0n) is 10.9. The van der Waals surface area contributed by atoms with Crippen LogP contribution < -0.4 is 5.32 Å². The van der Waals surface area contributed by atoms with Gasteiger partial charge >= 0.3 is 0 Å². The van der Waals surface area contributed by atoms with E-state index in [-0.39, 0.29) is 5.54 Å². The summed E-state index contributed by atoms with van der Waals surface area (Å²) in [6.45, 7) is 6.42. The lowest BCUT2D eigenvalue weighted by Gasteiger charge is -2.26. The molecule has 1 heterocycles. The highest BCUT2D eigenvalue weighted by atomic mass is 15.1. The molecule has 2 rings (SSSR count). The molecule has 0 saturated heterocycles. The van der Waals surface area contributed by atoms with Crippen molar-refractivity contribution in [3.63, 3.8) is 0 Å². The average Bonchev–Trinajstić information content (AvgIpc) is 2.79. The molecule has 0 amide bonds. The van der Waals surface area contributed by atoms with Gasteiger partial charge in [0.25, 0.3) is 0 Å². The molecule has 0 radical (unpaired) electrons. The summed E-state index contributed by atoms with van der Waals surface area (Å²) in [5.41, 5.74) is 3.50. The lowest BCUT2D eigenvalue weighted by molar-refractivity contribution is 0.424. The van der Waals surface area contributed by atoms with Gasteiger partial charge in [-0.1, -0.05) is 18.2 Å². The number of nitrogens with one attached hydrogen (secondary N) is 1. The van der Waals surface area contributed by atoms with Crippen LogP contribution in [0.3, 0.4) is 0 Å². The van der Waals surface area contributed by atoms with Crippen LogP contribution in [0.15, 0.2) is 36.8 Å². The highest BCUT2D eigenvalue weighted by Crippen LogP contribution is 2.23. The van der Waals surface area contributed by atoms with E-state index in [2.05, 4.69) is 59.9 Å². The first kappa shape index (κ1) is 11.9. The fourth-order valence-corrected chi connectivity index (χ4v) is 1.91. The van der Waals surface area contributed by atoms with E-state index in [4.69, 9.17) is 0 Å². The van der Waals surface area contributed by atoms with Crippen molar-refractivity contribution in [3.05, 3.63) is 48.0 Å². The molecule has 1 aromatic heterocycles. The number of benzene rings is 1. The van der Waals surface area contributed by atoms with Gasteiger partial charge in [-0.15, -0.1) is 0 Å². The fraction of sp³-hybridized carbons (Fsp3) is 0.357. The van der Waals surface area contributed by atoms with E-state index in [0.29, 0.717) is 0 Å². The van der Waals surface area contributed by atoms with E-state index < -0.39 is 0 Å². The number of para-hydroxylation sites is 1. The van der Waals surface area contributed by atoms with Crippen molar-refractivity contribution in [3.8, 4) is 5.69 Å². The smallest absolute Gasteiger partial charge is 0.0994 e. The van der Waals surface area contributed by atoms with E-state index in [1.165, 1.54) is 11.3 Å². The minimum Gasteiger partial charge on any atom is -0.310 e. The zero-order valence-corrected chi connectivity index (χ0v) is 10.9. The third kappa shape index (κ3) is 2.11. The van der Waals surface area contributed by atoms with Gasteiger partial charge in [0, 0.05) is 5.69 Å². The maximum absolute atomic E-state index is 4.28. The topological polar surface area (TPSA) is 29.9 Å². The molecule has 1 N–H and O–H groups in total. The Hall–Kier alpha value is -1.61. The number of rotatable bonds is 3. The quantitative estimate of drug-likeness (QED) is 0.877. The summed E-state index contributed by atoms with van der Waals surface area (Å²) >= 11 is 0. The Morgan fingerprint density at radius 1 is 1.24 bits per heavy atom. The number of hydrogen-bond donors (Lipinski definition) is 1. The van der Waals surface area contributed by atoms with Gasteiger partial charge < -0.3 is 9.88 Å². The van der Waals surface area contributed by atoms with Crippen molar-refractivity contribution in [2.24, 2.45) is 0 Å². The molecule has 3 heteroatoms. The number of imidazole rings is 1. The molecule has 0 bridgehead atoms. The molecular weight excluding hydrogens is 210 g/mol. The lowest BCUT2D eigenvalue weighted by atomic mass is 10.0. The Morgan fingerprint density at radius 2 is 1.94 bits per heavy atom. The van der Waals surface area contributed by atoms with Gasteiger partial charge in [0.1, 0.15) is 0 Å². The van der Waals surface area contributed by atoms with E-state index in [1.807, 2.05) is 19.6 Å². The summed E-state index contributed by atoms with van der Waals surface area (Å²) < 4.78 is 2.14. The Labute approximate surface area is 103 Å². The van der Waals surface area contributed by atoms with Crippen LogP contribution in [0.2, 0.25) is 0 Å². The van der Waals surface area contributed by atoms with Crippen LogP contribution in [0.5, 0.6) is 0 Å². The minimum absolute atomic E-state index is 0.0984. The Morgan fingerprint density at radius 3 is 2.59 bits per heavy atom. The molecule has 17 heavy (non-hydrogen) atoms. The summed E-state index contributed by atoms with van der Waals surface area (Å²) in [5.74, 6) is 0. The molecule has 0 aliphatic heterocycles. The van der Waals surface area contributed by atoms with Crippen LogP contribution >= 0.6 is 0 Å². The predicted molar refractivity (Wildman–Crippen MR) is 70.4 cm³/mol. The van der Waals surface area contributed by atoms with Crippen LogP contribution in [0.25, 0.3) is 5.69 Å². The van der Waals surface area contributed by atoms with Gasteiger partial charge in [-0.3, -0.25) is 0 Å². The highest BCUT2D eigenvalue weighted by Gasteiger charge is 2.22. The molecule has 3 nitrogen and oxygen atoms in total. The first-order valence-electron chi connectivity index (χ1n) is 5.84. The Bertz CT molecular complexity index is 512. The van der Waals surface area contributed by atoms with Gasteiger partial charge in [0.05, 0.1) is 23.8 Å². The van der Waals surface area contributed by atoms with Gasteiger partial charge in [-0.25, -0.2) is 4.98 Å². The SMILES string of the molecule is CNC(C)(C)c1cncn1-c1ccccc1C. The number of nitrogens with zero attached hydrogens (tertiary/aromatic N) is 2. The average molecular weight is 229 g/mol. The molecule has 0 aliphatic rings. The third-order valence-corrected chi connectivity index (χ3v) is 3.28. The van der Waals surface area contributed by atoms with Crippen molar-refractivity contribution in [1.29, 1.82) is 0 Å². The molecule has 0 unspecified atom stereocenters. The van der Waals surface area contributed by atoms with E-state index in [9.17, 15) is 0 Å². The highest BCUT2D eigenvalue weighted by molar-refractivity contribution is 5.42. The molecule has 0 atom stereocenters. The minimum atomic E-state index is -0.0984. The fourth-order valence-electron chi connectivity index (χ4n) is 1.91. The summed E-state index contributed by atoms with van der Waals surface area (Å²) in [4.78, 5) is 4.28. The lowest BCUT2D eigenvalue weighted by Crippen LogP contribution is -2.35. The Kier molecular flexibility index (Phi) is 3.03. The Balaban J connectivity index is 2.56. The molecule has 2 aromatic rings. The van der Waals surface area contributed by atoms with Gasteiger partial charge in [0.2, 0.25) is 0 Å². The molecule has 90 valence electrons. The molecular formula is C14H19N3. The van der Waals surface area contributed by atoms with Crippen LogP contribution in [0.1, 0.15) is 25.1 Å². The largest absolute Gasteiger partial charge is 0.310 e. The maximum atomic E-state index is 4.28. The molecule has 0 aliphatic carbocycles. The summed E-state index contributed by atoms with van der Waals surface area (Å²) in [7, 11) is 1.97. The maximum Gasteiger partial charge on any atom is 0.0994 e. The van der Waals surface area contributed by atoms with Crippen molar-refractivity contribution < 1.29 is 0 Å². The second kappa shape index (κ2) is 4.34. The van der Waals surface area contributed by atoms with E-state index in [1.54, 1.807) is 0 Å². The van der Waals surface area contributed by atoms with Crippen molar-refractivity contribution in [2.45, 2.75) is 26.3 Å². The van der Waals surface area contributed by atoms with Crippen molar-refractivity contribution in [2.75, 3.05) is 7.05 Å². The summed E-state index contributed by atoms with van der Waals surface area (Å²) in [6.07, 6.45) is 3.79. The van der Waals surface area contributed by atoms with Gasteiger partial charge in [-0.2, -0.15) is 0 Å². The molecule has 0 saturated carbocycles. The molecule has 0 fully saturated rings. The van der Waals surface area contributed by atoms with Crippen LogP contribution in [-0.2, 0) is 5.54 Å². The monoisotopic (exact) mass is 229 g/mol. The first-order chi connectivity index (χ1) is 8.06. The number of aromatic nitrogens is 2. The van der Waals surface area contributed by atoms with E-state index >= 15 is 0 Å². The number of aryl methyl sites for hydroxylation is 1. The summed E-state index contributed by atoms with van der Waals surface area (Å²) in [6, 6.07) is 8.34. The second-order valence-electron chi connectivity index (χ2n) is 4.81. The predicted octanol–water partition coefficient (Wildman–Crippen LogP) is 2.64. The van der Waals surface area contributed by atoms with Gasteiger partial charge in [-0.05, 0) is 39.4 Å². The first-order valence-corrected chi connectivity index (χ1v) is 5.84. The molecule has 0 spiro atoms. The third-order valence-electron chi connectivity index (χ3n) is 3.28. The zero-order chi connectivity index (χ0) is 12.5. The van der Waals surface area contributed by atoms with Crippen LogP contribution in [0, 0.1) is 6.92 Å². The second-order valence-corrected chi connectivity index (χ2v) is 4.81. The van der Waals surface area contributed by atoms with Gasteiger partial charge in [0.15, 0.2) is 0 Å². The van der Waals surface area contributed by atoms with Crippen molar-refractivity contribution >= 4 is 0 Å². The van der Waals surface area contributed by atoms with Crippen LogP contribution in [0.4, 0.5) is 0 Å². The summed E-state index contributed by atoms with van der Waals surface area (Å²) in [5, 5.41) is 3.31. The normalized spacial score (nSPS) is 11.8. The molecule has 1 aromatic carbocycles. The standard InChI is InChI=1S/C14H19N3/c1-11-7-5-6-8-12(11)17-10-16-9-13(17)14(2,3)15-4/h5-10,15H,1-4H3. The van der Waals surface area contributed by atoms with Crippen LogP contribution in [-0.4, -0.2) is 16.6 Å². The van der Waals surface area contributed by atoms with Crippen molar-refractivity contribution in [1.82, 2.24) is 14.9 Å².